The molecule has 2 saturated heterocycles. The molecular formula is C23H27FN4O5S. The fraction of sp³-hybridized carbons (Fsp3) is 0.391. The van der Waals surface area contributed by atoms with Gasteiger partial charge in [0.05, 0.1) is 24.7 Å². The fourth-order valence-corrected chi connectivity index (χ4v) is 5.37. The zero-order valence-electron chi connectivity index (χ0n) is 18.7. The minimum absolute atomic E-state index is 0.145. The van der Waals surface area contributed by atoms with Crippen LogP contribution in [-0.4, -0.2) is 93.4 Å². The third-order valence-corrected chi connectivity index (χ3v) is 7.76. The molecule has 9 nitrogen and oxygen atoms in total. The van der Waals surface area contributed by atoms with E-state index in [4.69, 9.17) is 4.74 Å². The molecule has 2 fully saturated rings. The van der Waals surface area contributed by atoms with E-state index in [2.05, 4.69) is 5.32 Å². The first-order valence-corrected chi connectivity index (χ1v) is 12.5. The molecule has 0 aliphatic carbocycles. The molecule has 0 unspecified atom stereocenters. The van der Waals surface area contributed by atoms with Crippen LogP contribution in [-0.2, 0) is 19.6 Å². The average Bonchev–Trinajstić information content (AvgIpc) is 2.84. The van der Waals surface area contributed by atoms with Crippen molar-refractivity contribution in [3.05, 3.63) is 59.9 Å². The fourth-order valence-electron chi connectivity index (χ4n) is 3.97. The highest BCUT2D eigenvalue weighted by Crippen LogP contribution is 2.19. The molecule has 0 saturated carbocycles. The Bertz CT molecular complexity index is 1130. The third kappa shape index (κ3) is 5.79. The smallest absolute Gasteiger partial charge is 0.253 e. The van der Waals surface area contributed by atoms with Gasteiger partial charge >= 0.3 is 0 Å². The molecule has 2 aliphatic heterocycles. The molecule has 0 spiro atoms. The highest BCUT2D eigenvalue weighted by atomic mass is 32.2. The number of carbonyl (C=O) groups excluding carboxylic acids is 2. The predicted molar refractivity (Wildman–Crippen MR) is 123 cm³/mol. The van der Waals surface area contributed by atoms with Crippen LogP contribution in [0, 0.1) is 5.82 Å². The monoisotopic (exact) mass is 490 g/mol. The Morgan fingerprint density at radius 2 is 1.62 bits per heavy atom. The van der Waals surface area contributed by atoms with E-state index in [1.807, 2.05) is 4.90 Å². The molecule has 0 radical (unpaired) electrons. The van der Waals surface area contributed by atoms with E-state index < -0.39 is 15.8 Å². The van der Waals surface area contributed by atoms with Crippen molar-refractivity contribution in [2.75, 3.05) is 64.3 Å². The highest BCUT2D eigenvalue weighted by molar-refractivity contribution is 7.89. The number of benzene rings is 2. The van der Waals surface area contributed by atoms with Gasteiger partial charge in [-0.15, -0.1) is 0 Å². The van der Waals surface area contributed by atoms with Crippen LogP contribution in [0.4, 0.5) is 10.1 Å². The number of nitrogens with zero attached hydrogens (tertiary/aromatic N) is 3. The van der Waals surface area contributed by atoms with Gasteiger partial charge in [-0.2, -0.15) is 4.31 Å². The maximum Gasteiger partial charge on any atom is 0.253 e. The first-order valence-electron chi connectivity index (χ1n) is 11.1. The molecular weight excluding hydrogens is 463 g/mol. The number of amides is 2. The van der Waals surface area contributed by atoms with Crippen LogP contribution in [0.5, 0.6) is 0 Å². The number of anilines is 1. The van der Waals surface area contributed by atoms with Crippen molar-refractivity contribution in [3.63, 3.8) is 0 Å². The Morgan fingerprint density at radius 3 is 2.26 bits per heavy atom. The SMILES string of the molecule is O=C(CN1CCN(C(=O)c2ccc(S(=O)(=O)N3CCOCC3)cc2)CC1)Nc1cccc(F)c1. The maximum absolute atomic E-state index is 13.3. The molecule has 1 N–H and O–H groups in total. The lowest BCUT2D eigenvalue weighted by Gasteiger charge is -2.34. The molecule has 0 atom stereocenters. The average molecular weight is 491 g/mol. The van der Waals surface area contributed by atoms with Gasteiger partial charge in [-0.3, -0.25) is 14.5 Å². The van der Waals surface area contributed by atoms with Gasteiger partial charge in [-0.1, -0.05) is 6.07 Å². The Balaban J connectivity index is 1.29. The molecule has 2 heterocycles. The summed E-state index contributed by atoms with van der Waals surface area (Å²) in [6, 6.07) is 11.7. The Kier molecular flexibility index (Phi) is 7.57. The van der Waals surface area contributed by atoms with Gasteiger partial charge in [0, 0.05) is 50.5 Å². The van der Waals surface area contributed by atoms with Gasteiger partial charge in [0.1, 0.15) is 5.82 Å². The van der Waals surface area contributed by atoms with Crippen LogP contribution >= 0.6 is 0 Å². The lowest BCUT2D eigenvalue weighted by atomic mass is 10.2. The molecule has 0 bridgehead atoms. The number of hydrogen-bond acceptors (Lipinski definition) is 6. The molecule has 2 aromatic rings. The summed E-state index contributed by atoms with van der Waals surface area (Å²) in [5, 5.41) is 2.67. The quantitative estimate of drug-likeness (QED) is 0.654. The highest BCUT2D eigenvalue weighted by Gasteiger charge is 2.27. The van der Waals surface area contributed by atoms with Crippen LogP contribution in [0.15, 0.2) is 53.4 Å². The topological polar surface area (TPSA) is 99.3 Å². The number of nitrogens with one attached hydrogen (secondary N) is 1. The largest absolute Gasteiger partial charge is 0.379 e. The van der Waals surface area contributed by atoms with E-state index >= 15 is 0 Å². The minimum atomic E-state index is -3.61. The van der Waals surface area contributed by atoms with E-state index in [1.165, 1.54) is 46.8 Å². The van der Waals surface area contributed by atoms with Crippen molar-refractivity contribution < 1.29 is 27.1 Å². The first-order chi connectivity index (χ1) is 16.3. The summed E-state index contributed by atoms with van der Waals surface area (Å²) in [5.41, 5.74) is 0.816. The minimum Gasteiger partial charge on any atom is -0.379 e. The number of sulfonamides is 1. The van der Waals surface area contributed by atoms with Gasteiger partial charge in [-0.05, 0) is 42.5 Å². The summed E-state index contributed by atoms with van der Waals surface area (Å²) < 4.78 is 45.4. The molecule has 34 heavy (non-hydrogen) atoms. The van der Waals surface area contributed by atoms with E-state index in [-0.39, 0.29) is 23.3 Å². The Labute approximate surface area is 198 Å². The molecule has 4 rings (SSSR count). The van der Waals surface area contributed by atoms with Gasteiger partial charge < -0.3 is 15.0 Å². The lowest BCUT2D eigenvalue weighted by molar-refractivity contribution is -0.117. The van der Waals surface area contributed by atoms with Crippen molar-refractivity contribution in [2.24, 2.45) is 0 Å². The number of hydrogen-bond donors (Lipinski definition) is 1. The predicted octanol–water partition coefficient (Wildman–Crippen LogP) is 1.24. The van der Waals surface area contributed by atoms with Crippen LogP contribution in [0.1, 0.15) is 10.4 Å². The van der Waals surface area contributed by atoms with Crippen molar-refractivity contribution in [1.82, 2.24) is 14.1 Å². The van der Waals surface area contributed by atoms with E-state index in [9.17, 15) is 22.4 Å². The molecule has 2 aromatic carbocycles. The van der Waals surface area contributed by atoms with E-state index in [0.29, 0.717) is 63.7 Å². The molecule has 182 valence electrons. The van der Waals surface area contributed by atoms with E-state index in [1.54, 1.807) is 11.0 Å². The number of halogens is 1. The van der Waals surface area contributed by atoms with Crippen LogP contribution < -0.4 is 5.32 Å². The zero-order valence-corrected chi connectivity index (χ0v) is 19.5. The number of morpholine rings is 1. The van der Waals surface area contributed by atoms with Crippen molar-refractivity contribution in [3.8, 4) is 0 Å². The normalized spacial score (nSPS) is 18.0. The summed E-state index contributed by atoms with van der Waals surface area (Å²) in [6.45, 7) is 3.44. The summed E-state index contributed by atoms with van der Waals surface area (Å²) in [4.78, 5) is 28.9. The number of carbonyl (C=O) groups is 2. The van der Waals surface area contributed by atoms with Gasteiger partial charge in [0.15, 0.2) is 0 Å². The van der Waals surface area contributed by atoms with Crippen molar-refractivity contribution in [2.45, 2.75) is 4.90 Å². The molecule has 0 aromatic heterocycles. The van der Waals surface area contributed by atoms with Crippen molar-refractivity contribution in [1.29, 1.82) is 0 Å². The van der Waals surface area contributed by atoms with Gasteiger partial charge in [0.25, 0.3) is 5.91 Å². The molecule has 2 amide bonds. The Morgan fingerprint density at radius 1 is 0.941 bits per heavy atom. The number of piperazine rings is 1. The maximum atomic E-state index is 13.3. The van der Waals surface area contributed by atoms with Crippen LogP contribution in [0.3, 0.4) is 0 Å². The van der Waals surface area contributed by atoms with Gasteiger partial charge in [-0.25, -0.2) is 12.8 Å². The first kappa shape index (κ1) is 24.3. The summed E-state index contributed by atoms with van der Waals surface area (Å²) in [6.07, 6.45) is 0. The molecule has 2 aliphatic rings. The second-order valence-corrected chi connectivity index (χ2v) is 10.1. The van der Waals surface area contributed by atoms with Crippen LogP contribution in [0.2, 0.25) is 0 Å². The second kappa shape index (κ2) is 10.6. The summed E-state index contributed by atoms with van der Waals surface area (Å²) in [5.74, 6) is -0.849. The van der Waals surface area contributed by atoms with Crippen molar-refractivity contribution >= 4 is 27.5 Å². The summed E-state index contributed by atoms with van der Waals surface area (Å²) >= 11 is 0. The summed E-state index contributed by atoms with van der Waals surface area (Å²) in [7, 11) is -3.61. The third-order valence-electron chi connectivity index (χ3n) is 5.84. The number of rotatable bonds is 6. The zero-order chi connectivity index (χ0) is 24.1. The van der Waals surface area contributed by atoms with Crippen LogP contribution in [0.25, 0.3) is 0 Å². The Hall–Kier alpha value is -2.86. The number of ether oxygens (including phenoxy) is 1. The standard InChI is InChI=1S/C23H27FN4O5S/c24-19-2-1-3-20(16-19)25-22(29)17-26-8-10-27(11-9-26)23(30)18-4-6-21(7-5-18)34(31,32)28-12-14-33-15-13-28/h1-7,16H,8-15,17H2,(H,25,29). The lowest BCUT2D eigenvalue weighted by Crippen LogP contribution is -2.50. The van der Waals surface area contributed by atoms with E-state index in [0.717, 1.165) is 0 Å². The second-order valence-electron chi connectivity index (χ2n) is 8.17. The van der Waals surface area contributed by atoms with Gasteiger partial charge in [0.2, 0.25) is 15.9 Å². The molecule has 11 heteroatoms.